The molecule has 0 saturated carbocycles. The van der Waals surface area contributed by atoms with Gasteiger partial charge in [0.2, 0.25) is 15.9 Å². The predicted octanol–water partition coefficient (Wildman–Crippen LogP) is 4.34. The van der Waals surface area contributed by atoms with Crippen molar-refractivity contribution in [1.29, 1.82) is 0 Å². The van der Waals surface area contributed by atoms with E-state index >= 15 is 0 Å². The molecule has 33 heavy (non-hydrogen) atoms. The van der Waals surface area contributed by atoms with Gasteiger partial charge in [0.1, 0.15) is 6.04 Å². The minimum atomic E-state index is -3.99. The van der Waals surface area contributed by atoms with E-state index in [1.807, 2.05) is 6.07 Å². The van der Waals surface area contributed by atoms with Gasteiger partial charge < -0.3 is 5.32 Å². The van der Waals surface area contributed by atoms with Gasteiger partial charge in [-0.15, -0.1) is 0 Å². The minimum absolute atomic E-state index is 0.0376. The van der Waals surface area contributed by atoms with Crippen molar-refractivity contribution in [3.8, 4) is 0 Å². The highest BCUT2D eigenvalue weighted by atomic mass is 127. The lowest BCUT2D eigenvalue weighted by Gasteiger charge is -2.19. The summed E-state index contributed by atoms with van der Waals surface area (Å²) >= 11 is 2.07. The van der Waals surface area contributed by atoms with Gasteiger partial charge in [-0.3, -0.25) is 14.9 Å². The van der Waals surface area contributed by atoms with Gasteiger partial charge in [0.05, 0.1) is 9.82 Å². The minimum Gasteiger partial charge on any atom is -0.324 e. The first kappa shape index (κ1) is 24.8. The van der Waals surface area contributed by atoms with Crippen LogP contribution in [0.1, 0.15) is 16.7 Å². The first-order valence-electron chi connectivity index (χ1n) is 9.95. The number of hydrogen-bond acceptors (Lipinski definition) is 5. The Hall–Kier alpha value is -2.83. The highest BCUT2D eigenvalue weighted by Crippen LogP contribution is 2.26. The van der Waals surface area contributed by atoms with Gasteiger partial charge in [0.15, 0.2) is 0 Å². The van der Waals surface area contributed by atoms with Crippen molar-refractivity contribution in [1.82, 2.24) is 4.72 Å². The highest BCUT2D eigenvalue weighted by Gasteiger charge is 2.27. The zero-order valence-electron chi connectivity index (χ0n) is 17.9. The molecule has 0 bridgehead atoms. The number of anilines is 1. The second kappa shape index (κ2) is 10.4. The third-order valence-electron chi connectivity index (χ3n) is 5.12. The van der Waals surface area contributed by atoms with Crippen LogP contribution in [0.4, 0.5) is 11.4 Å². The van der Waals surface area contributed by atoms with E-state index in [1.54, 1.807) is 56.3 Å². The fourth-order valence-electron chi connectivity index (χ4n) is 3.24. The second-order valence-corrected chi connectivity index (χ2v) is 10.5. The summed E-state index contributed by atoms with van der Waals surface area (Å²) in [4.78, 5) is 24.0. The molecule has 0 aromatic heterocycles. The largest absolute Gasteiger partial charge is 0.324 e. The Kier molecular flexibility index (Phi) is 7.82. The molecule has 0 aliphatic heterocycles. The first-order valence-corrected chi connectivity index (χ1v) is 12.5. The lowest BCUT2D eigenvalue weighted by molar-refractivity contribution is -0.385. The number of nitro benzene ring substituents is 1. The molecule has 1 amide bonds. The van der Waals surface area contributed by atoms with Crippen LogP contribution in [-0.4, -0.2) is 25.3 Å². The van der Waals surface area contributed by atoms with Gasteiger partial charge in [-0.1, -0.05) is 30.3 Å². The van der Waals surface area contributed by atoms with Crippen LogP contribution in [0.3, 0.4) is 0 Å². The zero-order valence-corrected chi connectivity index (χ0v) is 20.9. The summed E-state index contributed by atoms with van der Waals surface area (Å²) in [6.07, 6.45) is 0.100. The number of benzene rings is 3. The van der Waals surface area contributed by atoms with Gasteiger partial charge in [0.25, 0.3) is 5.69 Å². The fourth-order valence-corrected chi connectivity index (χ4v) is 4.79. The summed E-state index contributed by atoms with van der Waals surface area (Å²) < 4.78 is 29.3. The number of sulfonamides is 1. The standard InChI is InChI=1S/C23H22IN3O5S/c1-15-12-19(14-22(16(15)2)27(29)30)25-23(28)21(13-17-6-4-3-5-7-17)26-33(31,32)20-10-8-18(24)9-11-20/h3-12,14,21,26H,13H2,1-2H3,(H,25,28)/t21-/m1/s1. The number of amides is 1. The van der Waals surface area contributed by atoms with E-state index in [1.165, 1.54) is 18.2 Å². The van der Waals surface area contributed by atoms with Crippen LogP contribution < -0.4 is 10.0 Å². The van der Waals surface area contributed by atoms with E-state index in [0.29, 0.717) is 11.1 Å². The van der Waals surface area contributed by atoms with Gasteiger partial charge in [-0.2, -0.15) is 4.72 Å². The molecule has 0 radical (unpaired) electrons. The molecule has 3 aromatic rings. The monoisotopic (exact) mass is 579 g/mol. The molecule has 0 heterocycles. The quantitative estimate of drug-likeness (QED) is 0.234. The van der Waals surface area contributed by atoms with Crippen LogP contribution in [-0.2, 0) is 21.2 Å². The number of halogens is 1. The average Bonchev–Trinajstić information content (AvgIpc) is 2.76. The number of nitrogens with zero attached hydrogens (tertiary/aromatic N) is 1. The molecular formula is C23H22IN3O5S. The smallest absolute Gasteiger partial charge is 0.274 e. The van der Waals surface area contributed by atoms with Crippen LogP contribution in [0, 0.1) is 27.5 Å². The maximum absolute atomic E-state index is 13.1. The maximum Gasteiger partial charge on any atom is 0.274 e. The number of aryl methyl sites for hydroxylation is 1. The Morgan fingerprint density at radius 1 is 1.06 bits per heavy atom. The van der Waals surface area contributed by atoms with Gasteiger partial charge in [-0.25, -0.2) is 8.42 Å². The van der Waals surface area contributed by atoms with E-state index in [9.17, 15) is 23.3 Å². The Bertz CT molecular complexity index is 1280. The first-order chi connectivity index (χ1) is 15.6. The van der Waals surface area contributed by atoms with E-state index in [0.717, 1.165) is 9.13 Å². The third-order valence-corrected chi connectivity index (χ3v) is 7.33. The van der Waals surface area contributed by atoms with Crippen molar-refractivity contribution in [3.05, 3.63) is 97.1 Å². The van der Waals surface area contributed by atoms with Crippen LogP contribution in [0.5, 0.6) is 0 Å². The Balaban J connectivity index is 1.91. The topological polar surface area (TPSA) is 118 Å². The molecule has 10 heteroatoms. The number of carbonyl (C=O) groups is 1. The molecule has 0 saturated heterocycles. The lowest BCUT2D eigenvalue weighted by atomic mass is 10.0. The summed E-state index contributed by atoms with van der Waals surface area (Å²) in [6, 6.07) is 17.0. The summed E-state index contributed by atoms with van der Waals surface area (Å²) in [7, 11) is -3.99. The Morgan fingerprint density at radius 2 is 1.70 bits per heavy atom. The van der Waals surface area contributed by atoms with E-state index < -0.39 is 26.9 Å². The molecule has 0 fully saturated rings. The van der Waals surface area contributed by atoms with Crippen LogP contribution in [0.25, 0.3) is 0 Å². The molecule has 0 unspecified atom stereocenters. The average molecular weight is 579 g/mol. The number of nitrogens with one attached hydrogen (secondary N) is 2. The van der Waals surface area contributed by atoms with E-state index in [-0.39, 0.29) is 22.7 Å². The highest BCUT2D eigenvalue weighted by molar-refractivity contribution is 14.1. The van der Waals surface area contributed by atoms with Crippen molar-refractivity contribution in [2.45, 2.75) is 31.2 Å². The molecule has 172 valence electrons. The number of nitro groups is 1. The van der Waals surface area contributed by atoms with Gasteiger partial charge >= 0.3 is 0 Å². The van der Waals surface area contributed by atoms with Crippen molar-refractivity contribution in [2.24, 2.45) is 0 Å². The zero-order chi connectivity index (χ0) is 24.2. The van der Waals surface area contributed by atoms with Crippen LogP contribution in [0.2, 0.25) is 0 Å². The molecule has 2 N–H and O–H groups in total. The normalized spacial score (nSPS) is 12.2. The lowest BCUT2D eigenvalue weighted by Crippen LogP contribution is -2.45. The third kappa shape index (κ3) is 6.36. The van der Waals surface area contributed by atoms with E-state index in [2.05, 4.69) is 32.6 Å². The molecular weight excluding hydrogens is 557 g/mol. The molecule has 0 aliphatic rings. The molecule has 3 aromatic carbocycles. The number of rotatable bonds is 8. The molecule has 3 rings (SSSR count). The van der Waals surface area contributed by atoms with Crippen LogP contribution in [0.15, 0.2) is 71.6 Å². The summed E-state index contributed by atoms with van der Waals surface area (Å²) in [6.45, 7) is 3.34. The van der Waals surface area contributed by atoms with Crippen molar-refractivity contribution < 1.29 is 18.1 Å². The predicted molar refractivity (Wildman–Crippen MR) is 135 cm³/mol. The maximum atomic E-state index is 13.1. The molecule has 0 aliphatic carbocycles. The summed E-state index contributed by atoms with van der Waals surface area (Å²) in [5, 5.41) is 14.0. The summed E-state index contributed by atoms with van der Waals surface area (Å²) in [5.41, 5.74) is 2.00. The molecule has 0 spiro atoms. The Labute approximate surface area is 205 Å². The van der Waals surface area contributed by atoms with Crippen molar-refractivity contribution in [3.63, 3.8) is 0 Å². The van der Waals surface area contributed by atoms with Crippen molar-refractivity contribution in [2.75, 3.05) is 5.32 Å². The molecule has 8 nitrogen and oxygen atoms in total. The van der Waals surface area contributed by atoms with Gasteiger partial charge in [0, 0.05) is 20.9 Å². The van der Waals surface area contributed by atoms with Gasteiger partial charge in [-0.05, 0) is 84.3 Å². The second-order valence-electron chi connectivity index (χ2n) is 7.50. The molecule has 1 atom stereocenters. The van der Waals surface area contributed by atoms with E-state index in [4.69, 9.17) is 0 Å². The van der Waals surface area contributed by atoms with Crippen LogP contribution >= 0.6 is 22.6 Å². The van der Waals surface area contributed by atoms with Crippen molar-refractivity contribution >= 4 is 49.9 Å². The SMILES string of the molecule is Cc1cc(NC(=O)[C@@H](Cc2ccccc2)NS(=O)(=O)c2ccc(I)cc2)cc([N+](=O)[O-])c1C. The summed E-state index contributed by atoms with van der Waals surface area (Å²) in [5.74, 6) is -0.620. The number of carbonyl (C=O) groups excluding carboxylic acids is 1. The number of hydrogen-bond donors (Lipinski definition) is 2. The Morgan fingerprint density at radius 3 is 2.30 bits per heavy atom. The fraction of sp³-hybridized carbons (Fsp3) is 0.174.